The number of aromatic nitrogens is 1. The van der Waals surface area contributed by atoms with Gasteiger partial charge in [-0.15, -0.1) is 0 Å². The van der Waals surface area contributed by atoms with Gasteiger partial charge in [-0.2, -0.15) is 0 Å². The van der Waals surface area contributed by atoms with Gasteiger partial charge in [-0.05, 0) is 60.7 Å². The summed E-state index contributed by atoms with van der Waals surface area (Å²) in [6.07, 6.45) is 3.04. The van der Waals surface area contributed by atoms with Crippen LogP contribution in [-0.2, 0) is 19.6 Å². The number of halogens is 1. The molecule has 10 heteroatoms. The highest BCUT2D eigenvalue weighted by Crippen LogP contribution is 2.29. The zero-order valence-corrected chi connectivity index (χ0v) is 19.4. The number of amides is 2. The molecule has 0 saturated heterocycles. The van der Waals surface area contributed by atoms with E-state index >= 15 is 0 Å². The summed E-state index contributed by atoms with van der Waals surface area (Å²) in [6, 6.07) is 17.6. The van der Waals surface area contributed by atoms with Gasteiger partial charge in [0.25, 0.3) is 10.0 Å². The molecule has 0 spiro atoms. The van der Waals surface area contributed by atoms with E-state index in [-0.39, 0.29) is 16.5 Å². The second-order valence-corrected chi connectivity index (χ2v) is 9.48. The van der Waals surface area contributed by atoms with Gasteiger partial charge in [0.05, 0.1) is 10.6 Å². The number of fused-ring (bicyclic) bond motifs is 1. The van der Waals surface area contributed by atoms with Crippen LogP contribution in [0.1, 0.15) is 6.92 Å². The first kappa shape index (κ1) is 23.8. The maximum Gasteiger partial charge on any atom is 0.265 e. The number of carbonyl (C=O) groups excluding carboxylic acids is 2. The van der Waals surface area contributed by atoms with Crippen molar-refractivity contribution >= 4 is 49.7 Å². The van der Waals surface area contributed by atoms with Gasteiger partial charge in [-0.1, -0.05) is 12.1 Å². The Morgan fingerprint density at radius 1 is 0.914 bits per heavy atom. The third kappa shape index (κ3) is 5.44. The normalized spacial score (nSPS) is 11.1. The average Bonchev–Trinajstić information content (AvgIpc) is 2.83. The van der Waals surface area contributed by atoms with E-state index in [0.29, 0.717) is 22.1 Å². The predicted octanol–water partition coefficient (Wildman–Crippen LogP) is 4.17. The van der Waals surface area contributed by atoms with Crippen LogP contribution in [-0.4, -0.2) is 31.8 Å². The molecule has 0 fully saturated rings. The number of nitrogens with one attached hydrogen (secondary N) is 2. The third-order valence-corrected chi connectivity index (χ3v) is 6.93. The summed E-state index contributed by atoms with van der Waals surface area (Å²) in [6.45, 7) is 0.829. The van der Waals surface area contributed by atoms with Crippen molar-refractivity contribution < 1.29 is 22.4 Å². The molecule has 4 aromatic rings. The van der Waals surface area contributed by atoms with Gasteiger partial charge >= 0.3 is 0 Å². The molecule has 1 heterocycles. The van der Waals surface area contributed by atoms with E-state index in [9.17, 15) is 22.4 Å². The first-order chi connectivity index (χ1) is 16.7. The molecular weight excluding hydrogens is 471 g/mol. The number of rotatable bonds is 7. The van der Waals surface area contributed by atoms with Gasteiger partial charge in [0.2, 0.25) is 11.8 Å². The Morgan fingerprint density at radius 2 is 1.57 bits per heavy atom. The van der Waals surface area contributed by atoms with Crippen molar-refractivity contribution in [3.63, 3.8) is 0 Å². The maximum absolute atomic E-state index is 13.8. The molecule has 0 radical (unpaired) electrons. The number of nitrogens with zero attached hydrogens (tertiary/aromatic N) is 2. The molecule has 3 aromatic carbocycles. The number of carbonyl (C=O) groups is 2. The molecule has 0 bridgehead atoms. The Bertz CT molecular complexity index is 1490. The zero-order valence-electron chi connectivity index (χ0n) is 18.6. The zero-order chi connectivity index (χ0) is 25.0. The molecule has 0 unspecified atom stereocenters. The van der Waals surface area contributed by atoms with Crippen LogP contribution < -0.4 is 14.9 Å². The van der Waals surface area contributed by atoms with Gasteiger partial charge in [0.1, 0.15) is 12.4 Å². The summed E-state index contributed by atoms with van der Waals surface area (Å²) in [5, 5.41) is 6.34. The lowest BCUT2D eigenvalue weighted by Crippen LogP contribution is -2.38. The Hall–Kier alpha value is -4.31. The van der Waals surface area contributed by atoms with Crippen LogP contribution >= 0.6 is 0 Å². The van der Waals surface area contributed by atoms with Crippen LogP contribution in [0.15, 0.2) is 90.1 Å². The predicted molar refractivity (Wildman–Crippen MR) is 132 cm³/mol. The van der Waals surface area contributed by atoms with E-state index in [1.165, 1.54) is 31.3 Å². The molecule has 4 rings (SSSR count). The smallest absolute Gasteiger partial charge is 0.265 e. The first-order valence-electron chi connectivity index (χ1n) is 10.5. The first-order valence-corrected chi connectivity index (χ1v) is 12.0. The summed E-state index contributed by atoms with van der Waals surface area (Å²) >= 11 is 0. The summed E-state index contributed by atoms with van der Waals surface area (Å²) in [5.41, 5.74) is 1.10. The van der Waals surface area contributed by atoms with Crippen molar-refractivity contribution in [3.8, 4) is 0 Å². The molecule has 0 aliphatic carbocycles. The topological polar surface area (TPSA) is 108 Å². The van der Waals surface area contributed by atoms with Crippen LogP contribution in [0, 0.1) is 5.82 Å². The average molecular weight is 493 g/mol. The van der Waals surface area contributed by atoms with Gasteiger partial charge in [-0.3, -0.25) is 18.9 Å². The molecule has 1 aromatic heterocycles. The number of anilines is 3. The molecule has 35 heavy (non-hydrogen) atoms. The second kappa shape index (κ2) is 9.90. The van der Waals surface area contributed by atoms with Gasteiger partial charge in [0.15, 0.2) is 0 Å². The number of benzene rings is 3. The minimum atomic E-state index is -4.23. The summed E-state index contributed by atoms with van der Waals surface area (Å²) in [7, 11) is -4.23. The number of hydrogen-bond donors (Lipinski definition) is 2. The van der Waals surface area contributed by atoms with Crippen molar-refractivity contribution in [2.45, 2.75) is 11.8 Å². The van der Waals surface area contributed by atoms with E-state index < -0.39 is 28.3 Å². The molecule has 0 saturated carbocycles. The fourth-order valence-electron chi connectivity index (χ4n) is 3.53. The molecule has 178 valence electrons. The quantitative estimate of drug-likeness (QED) is 0.403. The van der Waals surface area contributed by atoms with E-state index in [0.717, 1.165) is 16.4 Å². The molecule has 0 aliphatic heterocycles. The highest BCUT2D eigenvalue weighted by atomic mass is 32.2. The van der Waals surface area contributed by atoms with Crippen molar-refractivity contribution in [2.75, 3.05) is 21.5 Å². The van der Waals surface area contributed by atoms with Crippen molar-refractivity contribution in [1.82, 2.24) is 4.98 Å². The Labute approximate surface area is 201 Å². The SMILES string of the molecule is CC(=O)Nc1ccc(NC(=O)CN(c2ccc(F)cc2)S(=O)(=O)c2cccc3cnccc23)cc1. The second-order valence-electron chi connectivity index (χ2n) is 7.65. The molecule has 2 amide bonds. The third-order valence-electron chi connectivity index (χ3n) is 5.10. The van der Waals surface area contributed by atoms with Gasteiger partial charge < -0.3 is 10.6 Å². The highest BCUT2D eigenvalue weighted by Gasteiger charge is 2.29. The molecule has 2 N–H and O–H groups in total. The monoisotopic (exact) mass is 492 g/mol. The lowest BCUT2D eigenvalue weighted by molar-refractivity contribution is -0.115. The van der Waals surface area contributed by atoms with Crippen molar-refractivity contribution in [3.05, 3.63) is 91.0 Å². The number of sulfonamides is 1. The Morgan fingerprint density at radius 3 is 2.23 bits per heavy atom. The Kier molecular flexibility index (Phi) is 6.74. The largest absolute Gasteiger partial charge is 0.326 e. The summed E-state index contributed by atoms with van der Waals surface area (Å²) in [4.78, 5) is 28.1. The molecule has 0 aliphatic rings. The van der Waals surface area contributed by atoms with Crippen LogP contribution in [0.25, 0.3) is 10.8 Å². The minimum Gasteiger partial charge on any atom is -0.326 e. The number of hydrogen-bond acceptors (Lipinski definition) is 5. The Balaban J connectivity index is 1.66. The number of pyridine rings is 1. The van der Waals surface area contributed by atoms with Gasteiger partial charge in [-0.25, -0.2) is 12.8 Å². The van der Waals surface area contributed by atoms with Crippen LogP contribution in [0.5, 0.6) is 0 Å². The van der Waals surface area contributed by atoms with Crippen LogP contribution in [0.4, 0.5) is 21.5 Å². The van der Waals surface area contributed by atoms with E-state index in [1.54, 1.807) is 48.7 Å². The van der Waals surface area contributed by atoms with Crippen molar-refractivity contribution in [1.29, 1.82) is 0 Å². The van der Waals surface area contributed by atoms with Gasteiger partial charge in [0, 0.05) is 41.5 Å². The maximum atomic E-state index is 13.8. The van der Waals surface area contributed by atoms with E-state index in [4.69, 9.17) is 0 Å². The summed E-state index contributed by atoms with van der Waals surface area (Å²) < 4.78 is 42.0. The lowest BCUT2D eigenvalue weighted by Gasteiger charge is -2.25. The molecular formula is C25H21FN4O4S. The van der Waals surface area contributed by atoms with E-state index in [1.807, 2.05) is 0 Å². The fraction of sp³-hybridized carbons (Fsp3) is 0.0800. The molecule has 0 atom stereocenters. The van der Waals surface area contributed by atoms with Crippen molar-refractivity contribution in [2.24, 2.45) is 0 Å². The van der Waals surface area contributed by atoms with Crippen LogP contribution in [0.2, 0.25) is 0 Å². The minimum absolute atomic E-state index is 0.00538. The summed E-state index contributed by atoms with van der Waals surface area (Å²) in [5.74, 6) is -1.37. The molecule has 8 nitrogen and oxygen atoms in total. The van der Waals surface area contributed by atoms with E-state index in [2.05, 4.69) is 15.6 Å². The fourth-order valence-corrected chi connectivity index (χ4v) is 5.17. The highest BCUT2D eigenvalue weighted by molar-refractivity contribution is 7.93. The standard InChI is InChI=1S/C25H21FN4O4S/c1-17(31)28-20-7-9-21(10-8-20)29-25(32)16-30(22-11-5-19(26)6-12-22)35(33,34)24-4-2-3-18-15-27-14-13-23(18)24/h2-15H,16H2,1H3,(H,28,31)(H,29,32). The van der Waals surface area contributed by atoms with Crippen LogP contribution in [0.3, 0.4) is 0 Å². The lowest BCUT2D eigenvalue weighted by atomic mass is 10.2.